The number of hydrogen-bond donors (Lipinski definition) is 2. The molecule has 0 aromatic heterocycles. The normalized spacial score (nSPS) is 16.7. The summed E-state index contributed by atoms with van der Waals surface area (Å²) in [6.07, 6.45) is 0.164. The smallest absolute Gasteiger partial charge is 0.248 e. The van der Waals surface area contributed by atoms with Crippen molar-refractivity contribution in [2.75, 3.05) is 4.90 Å². The van der Waals surface area contributed by atoms with Crippen LogP contribution in [0.25, 0.3) is 0 Å². The predicted octanol–water partition coefficient (Wildman–Crippen LogP) is 3.72. The molecule has 3 N–H and O–H groups in total. The maximum atomic E-state index is 12.8. The number of anilines is 2. The predicted molar refractivity (Wildman–Crippen MR) is 122 cm³/mol. The second-order valence-electron chi connectivity index (χ2n) is 9.83. The summed E-state index contributed by atoms with van der Waals surface area (Å²) < 4.78 is 0. The van der Waals surface area contributed by atoms with Crippen molar-refractivity contribution in [2.24, 2.45) is 5.73 Å². The second-order valence-corrected chi connectivity index (χ2v) is 9.83. The molecule has 1 heterocycles. The molecule has 0 bridgehead atoms. The summed E-state index contributed by atoms with van der Waals surface area (Å²) in [5.74, 6) is -0.793. The van der Waals surface area contributed by atoms with E-state index in [1.807, 2.05) is 51.1 Å². The Balaban J connectivity index is 0.00000320. The van der Waals surface area contributed by atoms with E-state index in [-0.39, 0.29) is 52.7 Å². The number of primary amides is 1. The molecule has 0 saturated heterocycles. The van der Waals surface area contributed by atoms with Gasteiger partial charge in [0.05, 0.1) is 0 Å². The molecule has 0 saturated carbocycles. The van der Waals surface area contributed by atoms with E-state index in [1.165, 1.54) is 0 Å². The number of carbonyl (C=O) groups excluding carboxylic acids is 2. The molecule has 6 heteroatoms. The van der Waals surface area contributed by atoms with Crippen LogP contribution in [-0.4, -0.2) is 46.7 Å². The number of hydrogen-bond acceptors (Lipinski definition) is 4. The molecule has 5 nitrogen and oxygen atoms in total. The third-order valence-corrected chi connectivity index (χ3v) is 5.44. The number of phenols is 1. The summed E-state index contributed by atoms with van der Waals surface area (Å²) >= 11 is 0. The maximum absolute atomic E-state index is 12.8. The van der Waals surface area contributed by atoms with Crippen molar-refractivity contribution in [3.05, 3.63) is 53.1 Å². The monoisotopic (exact) mass is 514 g/mol. The van der Waals surface area contributed by atoms with Crippen molar-refractivity contribution in [1.29, 1.82) is 0 Å². The van der Waals surface area contributed by atoms with Crippen LogP contribution in [0, 0.1) is 0 Å². The Bertz CT molecular complexity index is 987. The number of benzene rings is 2. The molecule has 3 rings (SSSR count). The van der Waals surface area contributed by atoms with Crippen LogP contribution in [0.4, 0.5) is 11.4 Å². The Hall–Kier alpha value is -2.02. The van der Waals surface area contributed by atoms with E-state index in [2.05, 4.69) is 20.8 Å². The Morgan fingerprint density at radius 1 is 1.00 bits per heavy atom. The topological polar surface area (TPSA) is 83.6 Å². The van der Waals surface area contributed by atoms with Gasteiger partial charge in [-0.2, -0.15) is 0 Å². The Labute approximate surface area is 195 Å². The molecule has 1 unspecified atom stereocenters. The van der Waals surface area contributed by atoms with E-state index in [1.54, 1.807) is 11.0 Å². The van der Waals surface area contributed by atoms with Crippen LogP contribution in [0.15, 0.2) is 36.4 Å². The Morgan fingerprint density at radius 3 is 2.10 bits per heavy atom. The third-order valence-electron chi connectivity index (χ3n) is 5.44. The number of amides is 1. The first-order chi connectivity index (χ1) is 13.3. The Morgan fingerprint density at radius 2 is 1.57 bits per heavy atom. The summed E-state index contributed by atoms with van der Waals surface area (Å²) in [6, 6.07) is 10.1. The molecule has 0 spiro atoms. The minimum absolute atomic E-state index is 0. The van der Waals surface area contributed by atoms with Gasteiger partial charge in [-0.05, 0) is 39.7 Å². The summed E-state index contributed by atoms with van der Waals surface area (Å²) in [7, 11) is 0. The molecular formula is C24H30N2O3Sn. The standard InChI is InChI=1S/C24H30N2O3.Sn/c1-23(2,3)15-12-16(24(4,5)6)19(27)13-18(15)26-17-10-8-7-9-14(17)11-20(28)21(26)22(25)29;/h7-10,12-13,21,27H,11H2,1-6H3,(H2,25,29);. The van der Waals surface area contributed by atoms with Gasteiger partial charge in [0.15, 0.2) is 11.8 Å². The number of Topliss-reactive ketones (excluding diaryl/α,β-unsaturated/α-hetero) is 1. The fourth-order valence-electron chi connectivity index (χ4n) is 4.00. The van der Waals surface area contributed by atoms with Gasteiger partial charge in [-0.25, -0.2) is 0 Å². The molecule has 0 fully saturated rings. The van der Waals surface area contributed by atoms with Gasteiger partial charge in [0.25, 0.3) is 0 Å². The zero-order valence-electron chi connectivity index (χ0n) is 18.5. The fraction of sp³-hybridized carbons (Fsp3) is 0.417. The second kappa shape index (κ2) is 8.25. The molecule has 1 amide bonds. The van der Waals surface area contributed by atoms with Gasteiger partial charge in [-0.15, -0.1) is 0 Å². The van der Waals surface area contributed by atoms with Crippen LogP contribution in [-0.2, 0) is 26.8 Å². The molecule has 2 aromatic carbocycles. The first-order valence-electron chi connectivity index (χ1n) is 9.89. The SMILES string of the molecule is CC(C)(C)c1cc(C(C)(C)C)c(N2c3ccccc3CC(=O)C2C(N)=O)cc1O.[Sn]. The van der Waals surface area contributed by atoms with E-state index in [0.717, 1.165) is 22.4 Å². The molecule has 0 aliphatic carbocycles. The van der Waals surface area contributed by atoms with E-state index in [9.17, 15) is 14.7 Å². The first kappa shape index (κ1) is 24.3. The van der Waals surface area contributed by atoms with Crippen LogP contribution in [0.3, 0.4) is 0 Å². The number of nitrogens with zero attached hydrogens (tertiary/aromatic N) is 1. The van der Waals surface area contributed by atoms with Crippen LogP contribution < -0.4 is 10.6 Å². The van der Waals surface area contributed by atoms with Gasteiger partial charge in [-0.3, -0.25) is 9.59 Å². The largest absolute Gasteiger partial charge is 0.508 e. The number of para-hydroxylation sites is 1. The van der Waals surface area contributed by atoms with Gasteiger partial charge in [-0.1, -0.05) is 59.7 Å². The van der Waals surface area contributed by atoms with Gasteiger partial charge in [0.1, 0.15) is 5.75 Å². The van der Waals surface area contributed by atoms with E-state index in [4.69, 9.17) is 5.73 Å². The van der Waals surface area contributed by atoms with Gasteiger partial charge in [0.2, 0.25) is 5.91 Å². The van der Waals surface area contributed by atoms with E-state index >= 15 is 0 Å². The maximum Gasteiger partial charge on any atom is 0.248 e. The number of ketones is 1. The van der Waals surface area contributed by atoms with Crippen molar-refractivity contribution >= 4 is 47.0 Å². The van der Waals surface area contributed by atoms with Gasteiger partial charge >= 0.3 is 0 Å². The van der Waals surface area contributed by atoms with Crippen LogP contribution in [0.5, 0.6) is 5.75 Å². The molecular weight excluding hydrogens is 483 g/mol. The zero-order chi connectivity index (χ0) is 21.7. The number of rotatable bonds is 2. The quantitative estimate of drug-likeness (QED) is 0.474. The summed E-state index contributed by atoms with van der Waals surface area (Å²) in [6.45, 7) is 12.4. The molecule has 158 valence electrons. The van der Waals surface area contributed by atoms with Crippen molar-refractivity contribution in [3.8, 4) is 5.75 Å². The van der Waals surface area contributed by atoms with Crippen LogP contribution in [0.2, 0.25) is 0 Å². The molecule has 1 aliphatic rings. The number of fused-ring (bicyclic) bond motifs is 1. The fourth-order valence-corrected chi connectivity index (χ4v) is 4.00. The first-order valence-corrected chi connectivity index (χ1v) is 9.89. The molecule has 2 aromatic rings. The summed E-state index contributed by atoms with van der Waals surface area (Å²) in [5.41, 5.74) is 9.12. The minimum atomic E-state index is -1.11. The molecule has 1 atom stereocenters. The average Bonchev–Trinajstić information content (AvgIpc) is 2.57. The van der Waals surface area contributed by atoms with Crippen molar-refractivity contribution in [1.82, 2.24) is 0 Å². The number of carbonyl (C=O) groups is 2. The van der Waals surface area contributed by atoms with E-state index < -0.39 is 11.9 Å². The minimum Gasteiger partial charge on any atom is -0.508 e. The van der Waals surface area contributed by atoms with Gasteiger partial charge < -0.3 is 15.7 Å². The van der Waals surface area contributed by atoms with E-state index in [0.29, 0.717) is 5.69 Å². The number of phenolic OH excluding ortho intramolecular Hbond substituents is 1. The van der Waals surface area contributed by atoms with Crippen molar-refractivity contribution in [3.63, 3.8) is 0 Å². The van der Waals surface area contributed by atoms with Crippen molar-refractivity contribution < 1.29 is 14.7 Å². The average molecular weight is 513 g/mol. The molecule has 30 heavy (non-hydrogen) atoms. The van der Waals surface area contributed by atoms with Crippen LogP contribution >= 0.6 is 0 Å². The Kier molecular flexibility index (Phi) is 6.67. The molecule has 4 radical (unpaired) electrons. The zero-order valence-corrected chi connectivity index (χ0v) is 21.4. The molecule has 1 aliphatic heterocycles. The van der Waals surface area contributed by atoms with Crippen molar-refractivity contribution in [2.45, 2.75) is 64.8 Å². The van der Waals surface area contributed by atoms with Gasteiger partial charge in [0, 0.05) is 47.8 Å². The number of nitrogens with two attached hydrogens (primary N) is 1. The van der Waals surface area contributed by atoms with Crippen LogP contribution in [0.1, 0.15) is 58.2 Å². The summed E-state index contributed by atoms with van der Waals surface area (Å²) in [4.78, 5) is 26.9. The number of aromatic hydroxyl groups is 1. The summed E-state index contributed by atoms with van der Waals surface area (Å²) in [5, 5.41) is 10.9. The third kappa shape index (κ3) is 4.36.